The van der Waals surface area contributed by atoms with E-state index in [9.17, 15) is 8.42 Å². The summed E-state index contributed by atoms with van der Waals surface area (Å²) in [4.78, 5) is 1.05. The summed E-state index contributed by atoms with van der Waals surface area (Å²) >= 11 is 1.54. The molecule has 0 heterocycles. The number of anilines is 1. The van der Waals surface area contributed by atoms with Crippen molar-refractivity contribution >= 4 is 27.5 Å². The van der Waals surface area contributed by atoms with Crippen LogP contribution in [-0.4, -0.2) is 26.5 Å². The van der Waals surface area contributed by atoms with Gasteiger partial charge >= 0.3 is 0 Å². The standard InChI is InChI=1S/C14H22N2O2S2/c15-13-5-7-14(8-6-13)19-9-10-20(17,18)16-11-12-3-1-2-4-12/h5-8,12,16H,1-4,9-11,15H2. The van der Waals surface area contributed by atoms with Gasteiger partial charge in [0.05, 0.1) is 5.75 Å². The van der Waals surface area contributed by atoms with Crippen LogP contribution in [0.4, 0.5) is 5.69 Å². The minimum absolute atomic E-state index is 0.161. The van der Waals surface area contributed by atoms with Crippen LogP contribution in [-0.2, 0) is 10.0 Å². The van der Waals surface area contributed by atoms with Crippen molar-refractivity contribution in [1.82, 2.24) is 4.72 Å². The molecule has 20 heavy (non-hydrogen) atoms. The zero-order valence-corrected chi connectivity index (χ0v) is 13.2. The number of nitrogens with two attached hydrogens (primary N) is 1. The van der Waals surface area contributed by atoms with Crippen LogP contribution < -0.4 is 10.5 Å². The number of sulfonamides is 1. The fourth-order valence-corrected chi connectivity index (χ4v) is 4.77. The van der Waals surface area contributed by atoms with Crippen LogP contribution in [0.1, 0.15) is 25.7 Å². The predicted octanol–water partition coefficient (Wildman–Crippen LogP) is 2.47. The smallest absolute Gasteiger partial charge is 0.212 e. The van der Waals surface area contributed by atoms with E-state index in [0.29, 0.717) is 18.2 Å². The SMILES string of the molecule is Nc1ccc(SCCS(=O)(=O)NCC2CCCC2)cc1. The second-order valence-electron chi connectivity index (χ2n) is 5.24. The Labute approximate surface area is 125 Å². The second-order valence-corrected chi connectivity index (χ2v) is 8.33. The summed E-state index contributed by atoms with van der Waals surface area (Å²) in [6.07, 6.45) is 4.78. The average Bonchev–Trinajstić information content (AvgIpc) is 2.92. The minimum Gasteiger partial charge on any atom is -0.399 e. The van der Waals surface area contributed by atoms with Gasteiger partial charge in [0.2, 0.25) is 10.0 Å². The van der Waals surface area contributed by atoms with E-state index >= 15 is 0 Å². The van der Waals surface area contributed by atoms with Crippen LogP contribution in [0.5, 0.6) is 0 Å². The molecule has 0 bridgehead atoms. The number of benzene rings is 1. The number of rotatable bonds is 7. The number of nitrogens with one attached hydrogen (secondary N) is 1. The molecule has 0 atom stereocenters. The molecule has 1 aliphatic carbocycles. The zero-order chi connectivity index (χ0) is 14.4. The summed E-state index contributed by atoms with van der Waals surface area (Å²) in [6, 6.07) is 7.49. The first-order valence-corrected chi connectivity index (χ1v) is 9.65. The summed E-state index contributed by atoms with van der Waals surface area (Å²) < 4.78 is 26.5. The van der Waals surface area contributed by atoms with E-state index in [4.69, 9.17) is 5.73 Å². The van der Waals surface area contributed by atoms with Gasteiger partial charge in [-0.3, -0.25) is 0 Å². The minimum atomic E-state index is -3.14. The first-order valence-electron chi connectivity index (χ1n) is 7.01. The lowest BCUT2D eigenvalue weighted by Crippen LogP contribution is -2.31. The van der Waals surface area contributed by atoms with Crippen LogP contribution in [0.15, 0.2) is 29.2 Å². The van der Waals surface area contributed by atoms with Gasteiger partial charge in [0, 0.05) is 22.9 Å². The van der Waals surface area contributed by atoms with Crippen molar-refractivity contribution in [2.45, 2.75) is 30.6 Å². The highest BCUT2D eigenvalue weighted by atomic mass is 32.2. The average molecular weight is 314 g/mol. The Hall–Kier alpha value is -0.720. The fraction of sp³-hybridized carbons (Fsp3) is 0.571. The highest BCUT2D eigenvalue weighted by Crippen LogP contribution is 2.24. The zero-order valence-electron chi connectivity index (χ0n) is 11.5. The van der Waals surface area contributed by atoms with E-state index in [2.05, 4.69) is 4.72 Å². The number of hydrogen-bond acceptors (Lipinski definition) is 4. The molecule has 1 aromatic carbocycles. The Morgan fingerprint density at radius 3 is 2.50 bits per heavy atom. The van der Waals surface area contributed by atoms with Crippen molar-refractivity contribution in [2.24, 2.45) is 5.92 Å². The number of nitrogen functional groups attached to an aromatic ring is 1. The van der Waals surface area contributed by atoms with Crippen LogP contribution in [0.2, 0.25) is 0 Å². The molecule has 0 saturated heterocycles. The van der Waals surface area contributed by atoms with E-state index in [1.807, 2.05) is 24.3 Å². The van der Waals surface area contributed by atoms with Crippen LogP contribution in [0.3, 0.4) is 0 Å². The highest BCUT2D eigenvalue weighted by molar-refractivity contribution is 8.00. The van der Waals surface area contributed by atoms with Gasteiger partial charge in [-0.05, 0) is 43.0 Å². The third-order valence-corrected chi connectivity index (χ3v) is 6.19. The third-order valence-electron chi connectivity index (χ3n) is 3.57. The third kappa shape index (κ3) is 5.34. The summed E-state index contributed by atoms with van der Waals surface area (Å²) in [5, 5.41) is 0. The molecule has 6 heteroatoms. The topological polar surface area (TPSA) is 72.2 Å². The van der Waals surface area contributed by atoms with Gasteiger partial charge in [-0.15, -0.1) is 11.8 Å². The Bertz CT molecular complexity index is 508. The van der Waals surface area contributed by atoms with Crippen molar-refractivity contribution < 1.29 is 8.42 Å². The van der Waals surface area contributed by atoms with E-state index in [1.165, 1.54) is 24.6 Å². The molecule has 1 aromatic rings. The summed E-state index contributed by atoms with van der Waals surface area (Å²) in [6.45, 7) is 0.606. The molecule has 1 saturated carbocycles. The van der Waals surface area contributed by atoms with Crippen LogP contribution in [0, 0.1) is 5.92 Å². The molecule has 2 rings (SSSR count). The maximum Gasteiger partial charge on any atom is 0.212 e. The summed E-state index contributed by atoms with van der Waals surface area (Å²) in [7, 11) is -3.14. The number of thioether (sulfide) groups is 1. The maximum atomic E-state index is 11.9. The van der Waals surface area contributed by atoms with Gasteiger partial charge in [0.25, 0.3) is 0 Å². The second kappa shape index (κ2) is 7.33. The largest absolute Gasteiger partial charge is 0.399 e. The Morgan fingerprint density at radius 1 is 1.20 bits per heavy atom. The maximum absolute atomic E-state index is 11.9. The lowest BCUT2D eigenvalue weighted by molar-refractivity contribution is 0.520. The van der Waals surface area contributed by atoms with Crippen molar-refractivity contribution in [3.8, 4) is 0 Å². The number of hydrogen-bond donors (Lipinski definition) is 2. The van der Waals surface area contributed by atoms with Gasteiger partial charge in [0.1, 0.15) is 0 Å². The van der Waals surface area contributed by atoms with Gasteiger partial charge in [-0.2, -0.15) is 0 Å². The quantitative estimate of drug-likeness (QED) is 0.599. The van der Waals surface area contributed by atoms with Crippen molar-refractivity contribution in [2.75, 3.05) is 23.8 Å². The van der Waals surface area contributed by atoms with E-state index in [0.717, 1.165) is 23.4 Å². The van der Waals surface area contributed by atoms with Gasteiger partial charge < -0.3 is 5.73 Å². The highest BCUT2D eigenvalue weighted by Gasteiger charge is 2.18. The summed E-state index contributed by atoms with van der Waals surface area (Å²) in [5.41, 5.74) is 6.33. The first-order chi connectivity index (χ1) is 9.55. The lowest BCUT2D eigenvalue weighted by Gasteiger charge is -2.11. The molecule has 1 fully saturated rings. The molecular formula is C14H22N2O2S2. The van der Waals surface area contributed by atoms with Gasteiger partial charge in [-0.25, -0.2) is 13.1 Å². The monoisotopic (exact) mass is 314 g/mol. The fourth-order valence-electron chi connectivity index (χ4n) is 2.36. The molecule has 0 unspecified atom stereocenters. The van der Waals surface area contributed by atoms with Crippen molar-refractivity contribution in [1.29, 1.82) is 0 Å². The van der Waals surface area contributed by atoms with Crippen LogP contribution in [0.25, 0.3) is 0 Å². The molecule has 3 N–H and O–H groups in total. The molecule has 0 radical (unpaired) electrons. The molecule has 0 aliphatic heterocycles. The molecular weight excluding hydrogens is 292 g/mol. The van der Waals surface area contributed by atoms with Gasteiger partial charge in [-0.1, -0.05) is 12.8 Å². The van der Waals surface area contributed by atoms with Gasteiger partial charge in [0.15, 0.2) is 0 Å². The van der Waals surface area contributed by atoms with E-state index in [-0.39, 0.29) is 5.75 Å². The predicted molar refractivity (Wildman–Crippen MR) is 85.3 cm³/mol. The van der Waals surface area contributed by atoms with E-state index in [1.54, 1.807) is 0 Å². The molecule has 112 valence electrons. The molecule has 1 aliphatic rings. The lowest BCUT2D eigenvalue weighted by atomic mass is 10.1. The first kappa shape index (κ1) is 15.7. The Morgan fingerprint density at radius 2 is 1.85 bits per heavy atom. The summed E-state index contributed by atoms with van der Waals surface area (Å²) in [5.74, 6) is 1.26. The Kier molecular flexibility index (Phi) is 5.74. The normalized spacial score (nSPS) is 16.6. The van der Waals surface area contributed by atoms with Crippen molar-refractivity contribution in [3.63, 3.8) is 0 Å². The Balaban J connectivity index is 1.70. The van der Waals surface area contributed by atoms with Crippen molar-refractivity contribution in [3.05, 3.63) is 24.3 Å². The van der Waals surface area contributed by atoms with E-state index < -0.39 is 10.0 Å². The molecule has 0 aromatic heterocycles. The van der Waals surface area contributed by atoms with Crippen LogP contribution >= 0.6 is 11.8 Å². The molecule has 4 nitrogen and oxygen atoms in total. The molecule has 0 spiro atoms. The molecule has 0 amide bonds.